The van der Waals surface area contributed by atoms with Gasteiger partial charge in [-0.3, -0.25) is 9.59 Å². The Morgan fingerprint density at radius 2 is 2.05 bits per heavy atom. The summed E-state index contributed by atoms with van der Waals surface area (Å²) in [7, 11) is 0. The van der Waals surface area contributed by atoms with Crippen LogP contribution in [0.15, 0.2) is 30.3 Å². The molecule has 1 fully saturated rings. The van der Waals surface area contributed by atoms with Crippen LogP contribution < -0.4 is 10.6 Å². The van der Waals surface area contributed by atoms with Gasteiger partial charge in [-0.15, -0.1) is 0 Å². The molecule has 0 aromatic heterocycles. The van der Waals surface area contributed by atoms with Gasteiger partial charge in [-0.05, 0) is 45.2 Å². The first-order chi connectivity index (χ1) is 10.4. The summed E-state index contributed by atoms with van der Waals surface area (Å²) in [6.45, 7) is 3.67. The normalized spacial score (nSPS) is 23.8. The number of rotatable bonds is 6. The predicted molar refractivity (Wildman–Crippen MR) is 84.4 cm³/mol. The summed E-state index contributed by atoms with van der Waals surface area (Å²) in [6.07, 6.45) is 1.30. The Morgan fingerprint density at radius 1 is 1.36 bits per heavy atom. The van der Waals surface area contributed by atoms with Crippen LogP contribution in [-0.4, -0.2) is 41.0 Å². The smallest absolute Gasteiger partial charge is 0.241 e. The van der Waals surface area contributed by atoms with Crippen molar-refractivity contribution in [1.82, 2.24) is 10.6 Å². The number of aliphatic hydroxyl groups is 1. The van der Waals surface area contributed by atoms with Crippen LogP contribution in [0.25, 0.3) is 0 Å². The number of hydrogen-bond donors (Lipinski definition) is 3. The summed E-state index contributed by atoms with van der Waals surface area (Å²) in [5, 5.41) is 15.7. The van der Waals surface area contributed by atoms with Crippen molar-refractivity contribution in [1.29, 1.82) is 0 Å². The van der Waals surface area contributed by atoms with E-state index in [-0.39, 0.29) is 11.7 Å². The van der Waals surface area contributed by atoms with Crippen molar-refractivity contribution in [3.05, 3.63) is 35.9 Å². The molecule has 1 aliphatic heterocycles. The molecule has 1 aromatic carbocycles. The van der Waals surface area contributed by atoms with Crippen LogP contribution >= 0.6 is 0 Å². The standard InChI is InChI=1S/C17H24N2O3/c1-12(20)15(13(2)21)19-16(22)17(9-6-10-18-17)11-14-7-4-3-5-8-14/h3-5,7-8,12,15,18,20H,6,9-11H2,1-2H3,(H,19,22)/t12-,15+,17?/m1/s1. The largest absolute Gasteiger partial charge is 0.391 e. The number of ketones is 1. The molecule has 22 heavy (non-hydrogen) atoms. The molecule has 0 aliphatic carbocycles. The number of carbonyl (C=O) groups is 2. The van der Waals surface area contributed by atoms with Gasteiger partial charge in [0, 0.05) is 0 Å². The summed E-state index contributed by atoms with van der Waals surface area (Å²) in [5.41, 5.74) is 0.368. The summed E-state index contributed by atoms with van der Waals surface area (Å²) in [5.74, 6) is -0.453. The Hall–Kier alpha value is -1.72. The highest BCUT2D eigenvalue weighted by Gasteiger charge is 2.42. The molecule has 3 atom stereocenters. The second-order valence-corrected chi connectivity index (χ2v) is 6.08. The van der Waals surface area contributed by atoms with Gasteiger partial charge < -0.3 is 15.7 Å². The molecule has 2 rings (SSSR count). The monoisotopic (exact) mass is 304 g/mol. The van der Waals surface area contributed by atoms with E-state index < -0.39 is 17.7 Å². The van der Waals surface area contributed by atoms with Crippen LogP contribution in [-0.2, 0) is 16.0 Å². The maximum Gasteiger partial charge on any atom is 0.241 e. The Balaban J connectivity index is 2.16. The van der Waals surface area contributed by atoms with E-state index in [1.54, 1.807) is 0 Å². The van der Waals surface area contributed by atoms with E-state index in [4.69, 9.17) is 0 Å². The van der Waals surface area contributed by atoms with Crippen molar-refractivity contribution in [3.63, 3.8) is 0 Å². The molecule has 1 aliphatic rings. The molecule has 120 valence electrons. The number of carbonyl (C=O) groups excluding carboxylic acids is 2. The molecule has 1 unspecified atom stereocenters. The lowest BCUT2D eigenvalue weighted by atomic mass is 9.87. The van der Waals surface area contributed by atoms with Crippen molar-refractivity contribution in [2.75, 3.05) is 6.54 Å². The lowest BCUT2D eigenvalue weighted by Gasteiger charge is -2.31. The molecule has 5 heteroatoms. The highest BCUT2D eigenvalue weighted by molar-refractivity contribution is 5.92. The minimum Gasteiger partial charge on any atom is -0.391 e. The molecule has 0 saturated carbocycles. The zero-order valence-corrected chi connectivity index (χ0v) is 13.1. The first-order valence-electron chi connectivity index (χ1n) is 7.73. The van der Waals surface area contributed by atoms with Crippen LogP contribution in [0.4, 0.5) is 0 Å². The highest BCUT2D eigenvalue weighted by atomic mass is 16.3. The Labute approximate surface area is 131 Å². The van der Waals surface area contributed by atoms with E-state index in [1.165, 1.54) is 13.8 Å². The first kappa shape index (κ1) is 16.6. The molecule has 5 nitrogen and oxygen atoms in total. The van der Waals surface area contributed by atoms with Gasteiger partial charge >= 0.3 is 0 Å². The Kier molecular flexibility index (Phi) is 5.32. The van der Waals surface area contributed by atoms with Crippen LogP contribution in [0.3, 0.4) is 0 Å². The van der Waals surface area contributed by atoms with Crippen molar-refractivity contribution in [2.24, 2.45) is 0 Å². The van der Waals surface area contributed by atoms with Gasteiger partial charge in [-0.25, -0.2) is 0 Å². The van der Waals surface area contributed by atoms with Gasteiger partial charge in [0.25, 0.3) is 0 Å². The average molecular weight is 304 g/mol. The molecule has 1 saturated heterocycles. The first-order valence-corrected chi connectivity index (χ1v) is 7.73. The van der Waals surface area contributed by atoms with Crippen molar-refractivity contribution in [2.45, 2.75) is 50.8 Å². The van der Waals surface area contributed by atoms with Crippen LogP contribution in [0.5, 0.6) is 0 Å². The maximum absolute atomic E-state index is 12.8. The quantitative estimate of drug-likeness (QED) is 0.726. The Morgan fingerprint density at radius 3 is 2.55 bits per heavy atom. The lowest BCUT2D eigenvalue weighted by Crippen LogP contribution is -2.59. The molecule has 0 radical (unpaired) electrons. The van der Waals surface area contributed by atoms with Gasteiger partial charge in [0.1, 0.15) is 11.6 Å². The van der Waals surface area contributed by atoms with E-state index in [2.05, 4.69) is 10.6 Å². The van der Waals surface area contributed by atoms with Crippen molar-refractivity contribution >= 4 is 11.7 Å². The summed E-state index contributed by atoms with van der Waals surface area (Å²) in [6, 6.07) is 8.96. The summed E-state index contributed by atoms with van der Waals surface area (Å²) >= 11 is 0. The van der Waals surface area contributed by atoms with E-state index >= 15 is 0 Å². The van der Waals surface area contributed by atoms with Crippen molar-refractivity contribution < 1.29 is 14.7 Å². The zero-order chi connectivity index (χ0) is 16.2. The number of amides is 1. The number of benzene rings is 1. The highest BCUT2D eigenvalue weighted by Crippen LogP contribution is 2.25. The Bertz CT molecular complexity index is 522. The molecule has 1 heterocycles. The number of Topliss-reactive ketones (excluding diaryl/α,β-unsaturated/α-hetero) is 1. The fourth-order valence-corrected chi connectivity index (χ4v) is 3.02. The van der Waals surface area contributed by atoms with Crippen LogP contribution in [0.1, 0.15) is 32.3 Å². The van der Waals surface area contributed by atoms with Gasteiger partial charge in [0.05, 0.1) is 6.10 Å². The third kappa shape index (κ3) is 3.72. The minimum absolute atomic E-state index is 0.213. The average Bonchev–Trinajstić information content (AvgIpc) is 2.94. The number of aliphatic hydroxyl groups excluding tert-OH is 1. The summed E-state index contributed by atoms with van der Waals surface area (Å²) in [4.78, 5) is 24.4. The van der Waals surface area contributed by atoms with Gasteiger partial charge in [0.15, 0.2) is 5.78 Å². The van der Waals surface area contributed by atoms with Gasteiger partial charge in [-0.2, -0.15) is 0 Å². The SMILES string of the molecule is CC(=O)[C@@H](NC(=O)C1(Cc2ccccc2)CCCN1)[C@@H](C)O. The predicted octanol–water partition coefficient (Wildman–Crippen LogP) is 0.806. The van der Waals surface area contributed by atoms with E-state index in [0.717, 1.165) is 24.9 Å². The van der Waals surface area contributed by atoms with E-state index in [1.807, 2.05) is 30.3 Å². The third-order valence-corrected chi connectivity index (χ3v) is 4.23. The molecule has 1 aromatic rings. The second-order valence-electron chi connectivity index (χ2n) is 6.08. The molecule has 0 spiro atoms. The molecule has 1 amide bonds. The number of hydrogen-bond acceptors (Lipinski definition) is 4. The number of nitrogens with one attached hydrogen (secondary N) is 2. The third-order valence-electron chi connectivity index (χ3n) is 4.23. The van der Waals surface area contributed by atoms with E-state index in [0.29, 0.717) is 6.42 Å². The molecule has 3 N–H and O–H groups in total. The summed E-state index contributed by atoms with van der Waals surface area (Å²) < 4.78 is 0. The van der Waals surface area contributed by atoms with Crippen molar-refractivity contribution in [3.8, 4) is 0 Å². The van der Waals surface area contributed by atoms with E-state index in [9.17, 15) is 14.7 Å². The second kappa shape index (κ2) is 7.03. The topological polar surface area (TPSA) is 78.4 Å². The van der Waals surface area contributed by atoms with Crippen LogP contribution in [0.2, 0.25) is 0 Å². The zero-order valence-electron chi connectivity index (χ0n) is 13.1. The lowest BCUT2D eigenvalue weighted by molar-refractivity contribution is -0.133. The van der Waals surface area contributed by atoms with Crippen LogP contribution in [0, 0.1) is 0 Å². The van der Waals surface area contributed by atoms with Gasteiger partial charge in [0.2, 0.25) is 5.91 Å². The maximum atomic E-state index is 12.8. The molecule has 0 bridgehead atoms. The van der Waals surface area contributed by atoms with Gasteiger partial charge in [-0.1, -0.05) is 30.3 Å². The molecular weight excluding hydrogens is 280 g/mol. The minimum atomic E-state index is -0.906. The molecular formula is C17H24N2O3. The fraction of sp³-hybridized carbons (Fsp3) is 0.529. The fourth-order valence-electron chi connectivity index (χ4n) is 3.02.